The number of nitrogens with zero attached hydrogens (tertiary/aromatic N) is 2. The van der Waals surface area contributed by atoms with Gasteiger partial charge in [-0.15, -0.1) is 0 Å². The Labute approximate surface area is 111 Å². The predicted molar refractivity (Wildman–Crippen MR) is 68.7 cm³/mol. The molecule has 6 heteroatoms. The molecule has 6 nitrogen and oxygen atoms in total. The van der Waals surface area contributed by atoms with Crippen LogP contribution in [0.2, 0.25) is 0 Å². The first-order valence-electron chi connectivity index (χ1n) is 6.61. The number of aliphatic hydroxyl groups is 1. The van der Waals surface area contributed by atoms with Crippen LogP contribution in [0.1, 0.15) is 43.0 Å². The quantitative estimate of drug-likeness (QED) is 0.600. The summed E-state index contributed by atoms with van der Waals surface area (Å²) < 4.78 is 1.59. The highest BCUT2D eigenvalue weighted by Crippen LogP contribution is 2.28. The molecule has 1 aliphatic carbocycles. The van der Waals surface area contributed by atoms with Crippen molar-refractivity contribution in [1.82, 2.24) is 15.1 Å². The van der Waals surface area contributed by atoms with Crippen molar-refractivity contribution in [3.8, 4) is 0 Å². The van der Waals surface area contributed by atoms with Crippen LogP contribution in [-0.4, -0.2) is 38.7 Å². The molecular formula is C13H19N3O3. The summed E-state index contributed by atoms with van der Waals surface area (Å²) >= 11 is 0. The number of rotatable bonds is 5. The van der Waals surface area contributed by atoms with Crippen LogP contribution in [0.4, 0.5) is 0 Å². The van der Waals surface area contributed by atoms with Crippen molar-refractivity contribution in [2.45, 2.75) is 44.8 Å². The smallest absolute Gasteiger partial charge is 0.292 e. The van der Waals surface area contributed by atoms with E-state index >= 15 is 0 Å². The molecule has 1 amide bonds. The topological polar surface area (TPSA) is 84.2 Å². The first kappa shape index (κ1) is 13.7. The average molecular weight is 265 g/mol. The Bertz CT molecular complexity index is 475. The van der Waals surface area contributed by atoms with E-state index in [1.807, 2.05) is 6.92 Å². The molecular weight excluding hydrogens is 246 g/mol. The highest BCUT2D eigenvalue weighted by Gasteiger charge is 2.32. The third-order valence-corrected chi connectivity index (χ3v) is 3.54. The summed E-state index contributed by atoms with van der Waals surface area (Å²) in [6.45, 7) is 2.69. The van der Waals surface area contributed by atoms with E-state index in [1.165, 1.54) is 6.20 Å². The predicted octanol–water partition coefficient (Wildman–Crippen LogP) is 0.507. The molecule has 1 aliphatic rings. The molecule has 1 heterocycles. The molecule has 1 fully saturated rings. The number of ketones is 1. The van der Waals surface area contributed by atoms with Gasteiger partial charge in [0.15, 0.2) is 0 Å². The Morgan fingerprint density at radius 3 is 2.74 bits per heavy atom. The highest BCUT2D eigenvalue weighted by molar-refractivity contribution is 6.42. The summed E-state index contributed by atoms with van der Waals surface area (Å²) in [6.07, 6.45) is 6.21. The van der Waals surface area contributed by atoms with Crippen LogP contribution >= 0.6 is 0 Å². The van der Waals surface area contributed by atoms with Crippen LogP contribution < -0.4 is 5.32 Å². The molecule has 0 aliphatic heterocycles. The number of hydrogen-bond acceptors (Lipinski definition) is 4. The zero-order valence-electron chi connectivity index (χ0n) is 11.1. The molecule has 104 valence electrons. The van der Waals surface area contributed by atoms with Gasteiger partial charge in [-0.25, -0.2) is 0 Å². The van der Waals surface area contributed by atoms with Gasteiger partial charge in [-0.2, -0.15) is 5.10 Å². The number of carbonyl (C=O) groups is 2. The largest absolute Gasteiger partial charge is 0.388 e. The van der Waals surface area contributed by atoms with Gasteiger partial charge in [-0.1, -0.05) is 12.8 Å². The lowest BCUT2D eigenvalue weighted by Crippen LogP contribution is -2.43. The van der Waals surface area contributed by atoms with Gasteiger partial charge in [-0.3, -0.25) is 14.3 Å². The maximum absolute atomic E-state index is 11.8. The zero-order chi connectivity index (χ0) is 13.9. The summed E-state index contributed by atoms with van der Waals surface area (Å²) in [7, 11) is 0. The third kappa shape index (κ3) is 3.20. The standard InChI is InChI=1S/C13H19N3O3/c1-2-16-8-10(7-15-16)11(17)12(18)14-9-13(19)5-3-4-6-13/h7-8,19H,2-6,9H2,1H3,(H,14,18). The van der Waals surface area contributed by atoms with Crippen molar-refractivity contribution < 1.29 is 14.7 Å². The van der Waals surface area contributed by atoms with E-state index in [0.29, 0.717) is 19.4 Å². The zero-order valence-corrected chi connectivity index (χ0v) is 11.1. The first-order chi connectivity index (χ1) is 9.04. The molecule has 0 radical (unpaired) electrons. The highest BCUT2D eigenvalue weighted by atomic mass is 16.3. The summed E-state index contributed by atoms with van der Waals surface area (Å²) in [5.74, 6) is -1.29. The fourth-order valence-electron chi connectivity index (χ4n) is 2.32. The average Bonchev–Trinajstić information content (AvgIpc) is 3.04. The summed E-state index contributed by atoms with van der Waals surface area (Å²) in [5.41, 5.74) is -0.568. The number of amides is 1. The van der Waals surface area contributed by atoms with Crippen LogP contribution in [0.25, 0.3) is 0 Å². The van der Waals surface area contributed by atoms with Crippen molar-refractivity contribution in [3.05, 3.63) is 18.0 Å². The monoisotopic (exact) mass is 265 g/mol. The van der Waals surface area contributed by atoms with Crippen molar-refractivity contribution in [2.24, 2.45) is 0 Å². The van der Waals surface area contributed by atoms with E-state index < -0.39 is 17.3 Å². The second-order valence-corrected chi connectivity index (χ2v) is 5.03. The second kappa shape index (κ2) is 5.52. The van der Waals surface area contributed by atoms with E-state index in [1.54, 1.807) is 10.9 Å². The molecule has 1 aromatic rings. The molecule has 0 atom stereocenters. The number of nitrogens with one attached hydrogen (secondary N) is 1. The molecule has 2 N–H and O–H groups in total. The summed E-state index contributed by atoms with van der Waals surface area (Å²) in [6, 6.07) is 0. The Hall–Kier alpha value is -1.69. The normalized spacial score (nSPS) is 17.4. The van der Waals surface area contributed by atoms with Gasteiger partial charge >= 0.3 is 0 Å². The Morgan fingerprint density at radius 1 is 1.47 bits per heavy atom. The van der Waals surface area contributed by atoms with Gasteiger partial charge in [0.1, 0.15) is 0 Å². The fraction of sp³-hybridized carbons (Fsp3) is 0.615. The van der Waals surface area contributed by atoms with Gasteiger partial charge in [0.2, 0.25) is 0 Å². The summed E-state index contributed by atoms with van der Waals surface area (Å²) in [4.78, 5) is 23.6. The van der Waals surface area contributed by atoms with Crippen molar-refractivity contribution in [1.29, 1.82) is 0 Å². The number of aryl methyl sites for hydroxylation is 1. The molecule has 2 rings (SSSR count). The minimum atomic E-state index is -0.844. The minimum Gasteiger partial charge on any atom is -0.388 e. The Balaban J connectivity index is 1.90. The van der Waals surface area contributed by atoms with Crippen molar-refractivity contribution in [3.63, 3.8) is 0 Å². The maximum atomic E-state index is 11.8. The van der Waals surface area contributed by atoms with Crippen LogP contribution in [0.5, 0.6) is 0 Å². The Kier molecular flexibility index (Phi) is 3.99. The Morgan fingerprint density at radius 2 is 2.16 bits per heavy atom. The van der Waals surface area contributed by atoms with Crippen LogP contribution in [0, 0.1) is 0 Å². The van der Waals surface area contributed by atoms with E-state index in [9.17, 15) is 14.7 Å². The molecule has 0 saturated heterocycles. The van der Waals surface area contributed by atoms with Crippen LogP contribution in [0.15, 0.2) is 12.4 Å². The SMILES string of the molecule is CCn1cc(C(=O)C(=O)NCC2(O)CCCC2)cn1. The first-order valence-corrected chi connectivity index (χ1v) is 6.61. The molecule has 0 unspecified atom stereocenters. The molecule has 1 aromatic heterocycles. The van der Waals surface area contributed by atoms with E-state index in [2.05, 4.69) is 10.4 Å². The molecule has 1 saturated carbocycles. The molecule has 0 aromatic carbocycles. The lowest BCUT2D eigenvalue weighted by Gasteiger charge is -2.21. The van der Waals surface area contributed by atoms with Gasteiger partial charge < -0.3 is 10.4 Å². The van der Waals surface area contributed by atoms with Gasteiger partial charge in [0, 0.05) is 19.3 Å². The number of hydrogen-bond donors (Lipinski definition) is 2. The van der Waals surface area contributed by atoms with Crippen LogP contribution in [0.3, 0.4) is 0 Å². The van der Waals surface area contributed by atoms with Gasteiger partial charge in [0.05, 0.1) is 17.4 Å². The lowest BCUT2D eigenvalue weighted by molar-refractivity contribution is -0.118. The molecule has 0 bridgehead atoms. The van der Waals surface area contributed by atoms with E-state index in [-0.39, 0.29) is 12.1 Å². The van der Waals surface area contributed by atoms with E-state index in [0.717, 1.165) is 12.8 Å². The lowest BCUT2D eigenvalue weighted by atomic mass is 10.0. The minimum absolute atomic E-state index is 0.138. The second-order valence-electron chi connectivity index (χ2n) is 5.03. The third-order valence-electron chi connectivity index (χ3n) is 3.54. The van der Waals surface area contributed by atoms with Crippen molar-refractivity contribution >= 4 is 11.7 Å². The number of carbonyl (C=O) groups excluding carboxylic acids is 2. The van der Waals surface area contributed by atoms with Crippen LogP contribution in [-0.2, 0) is 11.3 Å². The van der Waals surface area contributed by atoms with Crippen molar-refractivity contribution in [2.75, 3.05) is 6.54 Å². The molecule has 19 heavy (non-hydrogen) atoms. The number of Topliss-reactive ketones (excluding diaryl/α,β-unsaturated/α-hetero) is 1. The van der Waals surface area contributed by atoms with Gasteiger partial charge in [-0.05, 0) is 19.8 Å². The summed E-state index contributed by atoms with van der Waals surface area (Å²) in [5, 5.41) is 16.6. The number of aromatic nitrogens is 2. The van der Waals surface area contributed by atoms with Gasteiger partial charge in [0.25, 0.3) is 11.7 Å². The van der Waals surface area contributed by atoms with E-state index in [4.69, 9.17) is 0 Å². The maximum Gasteiger partial charge on any atom is 0.292 e. The fourth-order valence-corrected chi connectivity index (χ4v) is 2.32. The molecule has 0 spiro atoms.